The van der Waals surface area contributed by atoms with Crippen LogP contribution in [-0.4, -0.2) is 27.3 Å². The number of para-hydroxylation sites is 1. The summed E-state index contributed by atoms with van der Waals surface area (Å²) >= 11 is 1.50. The zero-order chi connectivity index (χ0) is 23.3. The second kappa shape index (κ2) is 9.68. The molecule has 1 N–H and O–H groups in total. The number of hydrogen-bond donors (Lipinski definition) is 1. The molecule has 2 aromatic heterocycles. The number of nitrogens with one attached hydrogen (secondary N) is 1. The van der Waals surface area contributed by atoms with Gasteiger partial charge < -0.3 is 4.98 Å². The summed E-state index contributed by atoms with van der Waals surface area (Å²) in [5.74, 6) is 0. The van der Waals surface area contributed by atoms with Crippen molar-refractivity contribution in [2.75, 3.05) is 6.54 Å². The highest BCUT2D eigenvalue weighted by Gasteiger charge is 2.11. The standard InChI is InChI=1S/C26H21N5O2S/c32-31(33)22-12-10-20(11-13-22)25-18-34-26(27-15-14-19-6-2-1-3-7-19)30(25)29-17-21-16-28-24-9-5-4-8-23(21)24/h1-13,16-18,28H,14-15H2. The first-order valence-corrected chi connectivity index (χ1v) is 11.7. The van der Waals surface area contributed by atoms with E-state index in [2.05, 4.69) is 17.1 Å². The Balaban J connectivity index is 1.52. The number of H-pyrrole nitrogens is 1. The smallest absolute Gasteiger partial charge is 0.269 e. The minimum Gasteiger partial charge on any atom is -0.361 e. The second-order valence-corrected chi connectivity index (χ2v) is 8.51. The molecule has 0 fully saturated rings. The zero-order valence-electron chi connectivity index (χ0n) is 18.2. The third-order valence-corrected chi connectivity index (χ3v) is 6.34. The van der Waals surface area contributed by atoms with Gasteiger partial charge in [0.25, 0.3) is 5.69 Å². The highest BCUT2D eigenvalue weighted by atomic mass is 32.1. The molecule has 0 spiro atoms. The van der Waals surface area contributed by atoms with Crippen molar-refractivity contribution in [3.63, 3.8) is 0 Å². The molecular formula is C26H21N5O2S. The topological polar surface area (TPSA) is 88.6 Å². The van der Waals surface area contributed by atoms with Crippen molar-refractivity contribution >= 4 is 34.1 Å². The minimum absolute atomic E-state index is 0.0561. The molecule has 8 heteroatoms. The lowest BCUT2D eigenvalue weighted by Gasteiger charge is -2.04. The number of thiazole rings is 1. The summed E-state index contributed by atoms with van der Waals surface area (Å²) in [7, 11) is 0. The molecule has 3 aromatic carbocycles. The van der Waals surface area contributed by atoms with Crippen molar-refractivity contribution in [2.45, 2.75) is 6.42 Å². The lowest BCUT2D eigenvalue weighted by molar-refractivity contribution is -0.384. The molecule has 5 aromatic rings. The van der Waals surface area contributed by atoms with Crippen molar-refractivity contribution in [1.82, 2.24) is 9.66 Å². The van der Waals surface area contributed by atoms with Gasteiger partial charge in [-0.05, 0) is 30.2 Å². The average Bonchev–Trinajstić information content (AvgIpc) is 3.47. The Morgan fingerprint density at radius 2 is 1.76 bits per heavy atom. The van der Waals surface area contributed by atoms with Crippen LogP contribution in [0, 0.1) is 10.1 Å². The van der Waals surface area contributed by atoms with Gasteiger partial charge in [-0.1, -0.05) is 48.5 Å². The van der Waals surface area contributed by atoms with Crippen molar-refractivity contribution in [2.24, 2.45) is 10.1 Å². The average molecular weight is 468 g/mol. The first-order chi connectivity index (χ1) is 16.7. The van der Waals surface area contributed by atoms with E-state index in [1.807, 2.05) is 60.3 Å². The fourth-order valence-corrected chi connectivity index (χ4v) is 4.58. The predicted octanol–water partition coefficient (Wildman–Crippen LogP) is 5.63. The Morgan fingerprint density at radius 3 is 2.56 bits per heavy atom. The van der Waals surface area contributed by atoms with Crippen LogP contribution in [0.2, 0.25) is 0 Å². The summed E-state index contributed by atoms with van der Waals surface area (Å²) in [6.45, 7) is 0.632. The molecular weight excluding hydrogens is 446 g/mol. The van der Waals surface area contributed by atoms with Crippen LogP contribution in [0.5, 0.6) is 0 Å². The molecule has 0 saturated heterocycles. The molecule has 7 nitrogen and oxygen atoms in total. The maximum Gasteiger partial charge on any atom is 0.269 e. The number of hydrogen-bond acceptors (Lipinski definition) is 5. The molecule has 34 heavy (non-hydrogen) atoms. The molecule has 0 unspecified atom stereocenters. The summed E-state index contributed by atoms with van der Waals surface area (Å²) in [5, 5.41) is 18.9. The van der Waals surface area contributed by atoms with E-state index >= 15 is 0 Å². The number of aromatic nitrogens is 2. The molecule has 2 heterocycles. The molecule has 0 saturated carbocycles. The van der Waals surface area contributed by atoms with E-state index in [4.69, 9.17) is 10.1 Å². The van der Waals surface area contributed by atoms with Crippen LogP contribution in [0.3, 0.4) is 0 Å². The number of benzene rings is 3. The van der Waals surface area contributed by atoms with E-state index in [9.17, 15) is 10.1 Å². The van der Waals surface area contributed by atoms with Gasteiger partial charge in [0.1, 0.15) is 0 Å². The molecule has 0 atom stereocenters. The molecule has 0 bridgehead atoms. The third kappa shape index (κ3) is 4.57. The number of fused-ring (bicyclic) bond motifs is 1. The van der Waals surface area contributed by atoms with Crippen molar-refractivity contribution < 1.29 is 4.92 Å². The third-order valence-electron chi connectivity index (χ3n) is 5.48. The molecule has 0 aliphatic carbocycles. The van der Waals surface area contributed by atoms with Gasteiger partial charge in [-0.25, -0.2) is 4.68 Å². The van der Waals surface area contributed by atoms with Crippen LogP contribution in [0.1, 0.15) is 11.1 Å². The predicted molar refractivity (Wildman–Crippen MR) is 136 cm³/mol. The van der Waals surface area contributed by atoms with Gasteiger partial charge in [0.2, 0.25) is 4.80 Å². The maximum absolute atomic E-state index is 11.1. The number of aromatic amines is 1. The number of rotatable bonds is 7. The van der Waals surface area contributed by atoms with Crippen LogP contribution in [-0.2, 0) is 6.42 Å². The van der Waals surface area contributed by atoms with E-state index in [1.165, 1.54) is 29.0 Å². The molecule has 0 aliphatic rings. The highest BCUT2D eigenvalue weighted by molar-refractivity contribution is 7.07. The summed E-state index contributed by atoms with van der Waals surface area (Å²) in [6.07, 6.45) is 4.58. The highest BCUT2D eigenvalue weighted by Crippen LogP contribution is 2.23. The van der Waals surface area contributed by atoms with E-state index < -0.39 is 4.92 Å². The molecule has 0 amide bonds. The number of nitrogens with zero attached hydrogens (tertiary/aromatic N) is 4. The Bertz CT molecular complexity index is 1530. The maximum atomic E-state index is 11.1. The largest absolute Gasteiger partial charge is 0.361 e. The second-order valence-electron chi connectivity index (χ2n) is 7.67. The van der Waals surface area contributed by atoms with E-state index in [0.717, 1.165) is 38.9 Å². The first-order valence-electron chi connectivity index (χ1n) is 10.8. The lowest BCUT2D eigenvalue weighted by Crippen LogP contribution is -2.13. The number of nitro benzene ring substituents is 1. The van der Waals surface area contributed by atoms with Gasteiger partial charge in [-0.15, -0.1) is 11.3 Å². The molecule has 5 rings (SSSR count). The Morgan fingerprint density at radius 1 is 1.00 bits per heavy atom. The van der Waals surface area contributed by atoms with Crippen LogP contribution in [0.25, 0.3) is 22.2 Å². The van der Waals surface area contributed by atoms with Gasteiger partial charge in [0, 0.05) is 52.3 Å². The Hall–Kier alpha value is -4.30. The fourth-order valence-electron chi connectivity index (χ4n) is 3.72. The summed E-state index contributed by atoms with van der Waals surface area (Å²) in [6, 6.07) is 24.8. The minimum atomic E-state index is -0.398. The van der Waals surface area contributed by atoms with Gasteiger partial charge in [-0.2, -0.15) is 5.10 Å². The van der Waals surface area contributed by atoms with Crippen LogP contribution in [0.4, 0.5) is 5.69 Å². The quantitative estimate of drug-likeness (QED) is 0.191. The van der Waals surface area contributed by atoms with Gasteiger partial charge >= 0.3 is 0 Å². The summed E-state index contributed by atoms with van der Waals surface area (Å²) < 4.78 is 1.80. The molecule has 0 radical (unpaired) electrons. The van der Waals surface area contributed by atoms with Gasteiger partial charge in [-0.3, -0.25) is 15.1 Å². The van der Waals surface area contributed by atoms with Crippen molar-refractivity contribution in [3.8, 4) is 11.3 Å². The van der Waals surface area contributed by atoms with Crippen LogP contribution < -0.4 is 4.80 Å². The lowest BCUT2D eigenvalue weighted by atomic mass is 10.1. The van der Waals surface area contributed by atoms with Gasteiger partial charge in [0.05, 0.1) is 16.8 Å². The number of nitro groups is 1. The van der Waals surface area contributed by atoms with Crippen molar-refractivity contribution in [1.29, 1.82) is 0 Å². The fraction of sp³-hybridized carbons (Fsp3) is 0.0769. The molecule has 0 aliphatic heterocycles. The zero-order valence-corrected chi connectivity index (χ0v) is 19.0. The SMILES string of the molecule is O=[N+]([O-])c1ccc(-c2csc(=NCCc3ccccc3)n2N=Cc2c[nH]c3ccccc23)cc1. The Kier molecular flexibility index (Phi) is 6.13. The van der Waals surface area contributed by atoms with Crippen molar-refractivity contribution in [3.05, 3.63) is 116 Å². The normalized spacial score (nSPS) is 12.1. The van der Waals surface area contributed by atoms with Crippen LogP contribution >= 0.6 is 11.3 Å². The van der Waals surface area contributed by atoms with Gasteiger partial charge in [0.15, 0.2) is 0 Å². The van der Waals surface area contributed by atoms with E-state index in [0.29, 0.717) is 6.54 Å². The van der Waals surface area contributed by atoms with Crippen LogP contribution in [0.15, 0.2) is 101 Å². The molecule has 168 valence electrons. The first kappa shape index (κ1) is 21.5. The number of non-ortho nitro benzene ring substituents is 1. The summed E-state index contributed by atoms with van der Waals surface area (Å²) in [5.41, 5.74) is 4.96. The van der Waals surface area contributed by atoms with E-state index in [-0.39, 0.29) is 5.69 Å². The Labute approximate surface area is 199 Å². The monoisotopic (exact) mass is 467 g/mol. The summed E-state index contributed by atoms with van der Waals surface area (Å²) in [4.78, 5) is 19.5. The van der Waals surface area contributed by atoms with E-state index in [1.54, 1.807) is 16.8 Å².